The SMILES string of the molecule is COc1ccc(CNc2nc(N3CCOC[C@H]3CO)ncc2C(=O)NCc2ncccn2)cc1Cl. The molecule has 0 bridgehead atoms. The van der Waals surface area contributed by atoms with Gasteiger partial charge in [0.2, 0.25) is 5.95 Å². The summed E-state index contributed by atoms with van der Waals surface area (Å²) in [5, 5.41) is 16.2. The van der Waals surface area contributed by atoms with Gasteiger partial charge in [-0.05, 0) is 23.8 Å². The van der Waals surface area contributed by atoms with Crippen LogP contribution in [0.1, 0.15) is 21.7 Å². The van der Waals surface area contributed by atoms with E-state index in [-0.39, 0.29) is 30.7 Å². The van der Waals surface area contributed by atoms with Crippen LogP contribution in [0.3, 0.4) is 0 Å². The van der Waals surface area contributed by atoms with Gasteiger partial charge in [0, 0.05) is 31.7 Å². The smallest absolute Gasteiger partial charge is 0.256 e. The Bertz CT molecular complexity index is 1150. The topological polar surface area (TPSA) is 135 Å². The Morgan fingerprint density at radius 2 is 2.11 bits per heavy atom. The zero-order chi connectivity index (χ0) is 24.6. The van der Waals surface area contributed by atoms with Crippen LogP contribution in [0.15, 0.2) is 42.9 Å². The highest BCUT2D eigenvalue weighted by Gasteiger charge is 2.26. The first-order chi connectivity index (χ1) is 17.1. The summed E-state index contributed by atoms with van der Waals surface area (Å²) in [4.78, 5) is 32.1. The predicted octanol–water partition coefficient (Wildman–Crippen LogP) is 1.67. The monoisotopic (exact) mass is 499 g/mol. The number of ether oxygens (including phenoxy) is 2. The Balaban J connectivity index is 1.57. The van der Waals surface area contributed by atoms with Crippen LogP contribution in [0.25, 0.3) is 0 Å². The van der Waals surface area contributed by atoms with Gasteiger partial charge in [0.25, 0.3) is 5.91 Å². The van der Waals surface area contributed by atoms with Crippen molar-refractivity contribution in [1.82, 2.24) is 25.3 Å². The Morgan fingerprint density at radius 3 is 2.86 bits per heavy atom. The molecule has 1 aliphatic heterocycles. The molecule has 0 radical (unpaired) electrons. The van der Waals surface area contributed by atoms with Crippen LogP contribution < -0.4 is 20.3 Å². The Hall–Kier alpha value is -3.54. The van der Waals surface area contributed by atoms with E-state index in [1.54, 1.807) is 37.7 Å². The first-order valence-corrected chi connectivity index (χ1v) is 11.4. The summed E-state index contributed by atoms with van der Waals surface area (Å²) in [7, 11) is 1.55. The summed E-state index contributed by atoms with van der Waals surface area (Å²) in [5.74, 6) is 1.42. The fourth-order valence-electron chi connectivity index (χ4n) is 3.56. The van der Waals surface area contributed by atoms with Crippen molar-refractivity contribution in [3.8, 4) is 5.75 Å². The van der Waals surface area contributed by atoms with Gasteiger partial charge in [-0.1, -0.05) is 17.7 Å². The second-order valence-electron chi connectivity index (χ2n) is 7.71. The van der Waals surface area contributed by atoms with Gasteiger partial charge >= 0.3 is 0 Å². The third kappa shape index (κ3) is 6.13. The van der Waals surface area contributed by atoms with Gasteiger partial charge in [-0.2, -0.15) is 4.98 Å². The van der Waals surface area contributed by atoms with E-state index in [1.807, 2.05) is 11.0 Å². The van der Waals surface area contributed by atoms with E-state index in [9.17, 15) is 9.90 Å². The van der Waals surface area contributed by atoms with Crippen LogP contribution in [0, 0.1) is 0 Å². The molecular formula is C23H26ClN7O4. The molecule has 0 saturated carbocycles. The first kappa shape index (κ1) is 24.6. The number of nitrogens with zero attached hydrogens (tertiary/aromatic N) is 5. The number of rotatable bonds is 9. The molecule has 3 heterocycles. The van der Waals surface area contributed by atoms with E-state index in [2.05, 4.69) is 30.6 Å². The Morgan fingerprint density at radius 1 is 1.29 bits per heavy atom. The van der Waals surface area contributed by atoms with Crippen LogP contribution in [-0.4, -0.2) is 70.5 Å². The molecule has 2 aromatic heterocycles. The summed E-state index contributed by atoms with van der Waals surface area (Å²) >= 11 is 6.25. The van der Waals surface area contributed by atoms with E-state index in [0.717, 1.165) is 5.56 Å². The van der Waals surface area contributed by atoms with E-state index in [4.69, 9.17) is 21.1 Å². The summed E-state index contributed by atoms with van der Waals surface area (Å²) < 4.78 is 10.7. The number of morpholine rings is 1. The molecule has 4 rings (SSSR count). The van der Waals surface area contributed by atoms with Crippen molar-refractivity contribution in [1.29, 1.82) is 0 Å². The van der Waals surface area contributed by atoms with Crippen molar-refractivity contribution in [3.05, 3.63) is 64.8 Å². The third-order valence-electron chi connectivity index (χ3n) is 5.42. The van der Waals surface area contributed by atoms with Gasteiger partial charge in [0.1, 0.15) is 23.0 Å². The van der Waals surface area contributed by atoms with E-state index in [1.165, 1.54) is 6.20 Å². The third-order valence-corrected chi connectivity index (χ3v) is 5.71. The number of hydrogen-bond acceptors (Lipinski definition) is 10. The highest BCUT2D eigenvalue weighted by Crippen LogP contribution is 2.26. The fourth-order valence-corrected chi connectivity index (χ4v) is 3.84. The average Bonchev–Trinajstić information content (AvgIpc) is 2.91. The van der Waals surface area contributed by atoms with Gasteiger partial charge in [0.05, 0.1) is 44.5 Å². The number of halogens is 1. The summed E-state index contributed by atoms with van der Waals surface area (Å²) in [6.07, 6.45) is 4.69. The lowest BCUT2D eigenvalue weighted by atomic mass is 10.2. The highest BCUT2D eigenvalue weighted by atomic mass is 35.5. The molecule has 184 valence electrons. The molecule has 1 aromatic carbocycles. The molecule has 11 nitrogen and oxygen atoms in total. The lowest BCUT2D eigenvalue weighted by Gasteiger charge is -2.34. The molecule has 3 N–H and O–H groups in total. The quantitative estimate of drug-likeness (QED) is 0.399. The van der Waals surface area contributed by atoms with Crippen molar-refractivity contribution in [2.75, 3.05) is 43.7 Å². The lowest BCUT2D eigenvalue weighted by molar-refractivity contribution is 0.0718. The van der Waals surface area contributed by atoms with Crippen molar-refractivity contribution >= 4 is 29.3 Å². The minimum Gasteiger partial charge on any atom is -0.495 e. The van der Waals surface area contributed by atoms with Crippen LogP contribution in [0.4, 0.5) is 11.8 Å². The molecule has 0 unspecified atom stereocenters. The number of aliphatic hydroxyl groups is 1. The van der Waals surface area contributed by atoms with Crippen molar-refractivity contribution < 1.29 is 19.4 Å². The zero-order valence-corrected chi connectivity index (χ0v) is 19.9. The van der Waals surface area contributed by atoms with Gasteiger partial charge in [-0.15, -0.1) is 0 Å². The number of benzene rings is 1. The van der Waals surface area contributed by atoms with Crippen molar-refractivity contribution in [2.24, 2.45) is 0 Å². The van der Waals surface area contributed by atoms with Crippen LogP contribution in [0.2, 0.25) is 5.02 Å². The number of aromatic nitrogens is 4. The number of anilines is 2. The van der Waals surface area contributed by atoms with Crippen LogP contribution >= 0.6 is 11.6 Å². The largest absolute Gasteiger partial charge is 0.495 e. The maximum atomic E-state index is 13.0. The normalized spacial score (nSPS) is 15.5. The van der Waals surface area contributed by atoms with Gasteiger partial charge < -0.3 is 30.1 Å². The van der Waals surface area contributed by atoms with Crippen LogP contribution in [-0.2, 0) is 17.8 Å². The highest BCUT2D eigenvalue weighted by molar-refractivity contribution is 6.32. The molecule has 1 aliphatic rings. The number of carbonyl (C=O) groups excluding carboxylic acids is 1. The van der Waals surface area contributed by atoms with Gasteiger partial charge in [0.15, 0.2) is 0 Å². The van der Waals surface area contributed by atoms with E-state index >= 15 is 0 Å². The van der Waals surface area contributed by atoms with Crippen molar-refractivity contribution in [2.45, 2.75) is 19.1 Å². The summed E-state index contributed by atoms with van der Waals surface area (Å²) in [6, 6.07) is 6.86. The number of methoxy groups -OCH3 is 1. The lowest BCUT2D eigenvalue weighted by Crippen LogP contribution is -2.48. The van der Waals surface area contributed by atoms with Crippen molar-refractivity contribution in [3.63, 3.8) is 0 Å². The Kier molecular flexibility index (Phi) is 8.24. The molecule has 35 heavy (non-hydrogen) atoms. The first-order valence-electron chi connectivity index (χ1n) is 11.0. The molecule has 1 saturated heterocycles. The maximum absolute atomic E-state index is 13.0. The second-order valence-corrected chi connectivity index (χ2v) is 8.11. The van der Waals surface area contributed by atoms with Crippen LogP contribution in [0.5, 0.6) is 5.75 Å². The molecular weight excluding hydrogens is 474 g/mol. The average molecular weight is 500 g/mol. The minimum atomic E-state index is -0.375. The molecule has 1 atom stereocenters. The van der Waals surface area contributed by atoms with Gasteiger partial charge in [-0.25, -0.2) is 15.0 Å². The number of carbonyl (C=O) groups is 1. The molecule has 0 aliphatic carbocycles. The summed E-state index contributed by atoms with van der Waals surface area (Å²) in [5.41, 5.74) is 1.14. The maximum Gasteiger partial charge on any atom is 0.256 e. The molecule has 0 spiro atoms. The predicted molar refractivity (Wildman–Crippen MR) is 130 cm³/mol. The number of amides is 1. The molecule has 1 fully saturated rings. The number of nitrogens with one attached hydrogen (secondary N) is 2. The number of hydrogen-bond donors (Lipinski definition) is 3. The summed E-state index contributed by atoms with van der Waals surface area (Å²) in [6.45, 7) is 1.80. The van der Waals surface area contributed by atoms with E-state index in [0.29, 0.717) is 54.7 Å². The fraction of sp³-hybridized carbons (Fsp3) is 0.348. The Labute approximate surface area is 207 Å². The molecule has 1 amide bonds. The zero-order valence-electron chi connectivity index (χ0n) is 19.1. The molecule has 3 aromatic rings. The standard InChI is InChI=1S/C23H26ClN7O4/c1-34-19-4-3-15(9-18(19)24)10-27-21-17(22(33)28-12-20-25-5-2-6-26-20)11-29-23(30-21)31-7-8-35-14-16(31)13-32/h2-6,9,11,16,32H,7-8,10,12-14H2,1H3,(H,28,33)(H,27,29,30)/t16-/m1/s1. The van der Waals surface area contributed by atoms with E-state index < -0.39 is 0 Å². The number of aliphatic hydroxyl groups excluding tert-OH is 1. The second kappa shape index (κ2) is 11.7. The minimum absolute atomic E-state index is 0.101. The van der Waals surface area contributed by atoms with Gasteiger partial charge in [-0.3, -0.25) is 4.79 Å². The molecule has 12 heteroatoms.